The van der Waals surface area contributed by atoms with Crippen molar-refractivity contribution < 1.29 is 0 Å². The van der Waals surface area contributed by atoms with Gasteiger partial charge in [-0.1, -0.05) is 77.5 Å². The summed E-state index contributed by atoms with van der Waals surface area (Å²) in [6.45, 7) is 11.0. The van der Waals surface area contributed by atoms with Crippen molar-refractivity contribution in [3.05, 3.63) is 88.1 Å². The maximum absolute atomic E-state index is 4.60. The lowest BCUT2D eigenvalue weighted by molar-refractivity contribution is 0.731. The Hall–Kier alpha value is -2.63. The van der Waals surface area contributed by atoms with E-state index in [-0.39, 0.29) is 0 Å². The number of aromatic nitrogens is 3. The number of hydrogen-bond donors (Lipinski definition) is 0. The third-order valence-electron chi connectivity index (χ3n) is 5.04. The minimum Gasteiger partial charge on any atom is -0.298 e. The predicted molar refractivity (Wildman–Crippen MR) is 129 cm³/mol. The maximum atomic E-state index is 4.60. The molecule has 30 heavy (non-hydrogen) atoms. The molecule has 0 unspecified atom stereocenters. The minimum atomic E-state index is 0.681. The van der Waals surface area contributed by atoms with Crippen LogP contribution in [-0.2, 0) is 12.3 Å². The molecular formula is C25H25N3S2. The Labute approximate surface area is 186 Å². The van der Waals surface area contributed by atoms with Crippen LogP contribution in [0.3, 0.4) is 0 Å². The van der Waals surface area contributed by atoms with Crippen LogP contribution in [0, 0.1) is 20.8 Å². The fourth-order valence-corrected chi connectivity index (χ4v) is 5.29. The first-order valence-electron chi connectivity index (χ1n) is 9.94. The average molecular weight is 432 g/mol. The Balaban J connectivity index is 1.70. The van der Waals surface area contributed by atoms with Gasteiger partial charge in [0.2, 0.25) is 0 Å². The van der Waals surface area contributed by atoms with Gasteiger partial charge >= 0.3 is 0 Å². The van der Waals surface area contributed by atoms with Crippen LogP contribution in [0.5, 0.6) is 0 Å². The molecule has 3 nitrogen and oxygen atoms in total. The van der Waals surface area contributed by atoms with Crippen molar-refractivity contribution in [2.24, 2.45) is 0 Å². The number of nitrogens with zero attached hydrogens (tertiary/aromatic N) is 3. The normalized spacial score (nSPS) is 11.0. The zero-order valence-electron chi connectivity index (χ0n) is 17.6. The van der Waals surface area contributed by atoms with E-state index in [0.717, 1.165) is 22.3 Å². The molecule has 5 heteroatoms. The van der Waals surface area contributed by atoms with Crippen LogP contribution in [0.1, 0.15) is 21.6 Å². The number of benzene rings is 2. The molecule has 4 rings (SSSR count). The zero-order chi connectivity index (χ0) is 21.1. The first kappa shape index (κ1) is 20.6. The number of allylic oxidation sites excluding steroid dienone is 1. The van der Waals surface area contributed by atoms with Gasteiger partial charge < -0.3 is 0 Å². The van der Waals surface area contributed by atoms with Crippen molar-refractivity contribution >= 4 is 23.1 Å². The summed E-state index contributed by atoms with van der Waals surface area (Å²) in [6, 6.07) is 17.3. The fourth-order valence-electron chi connectivity index (χ4n) is 3.54. The Bertz CT molecular complexity index is 1170. The van der Waals surface area contributed by atoms with Crippen molar-refractivity contribution in [2.75, 3.05) is 0 Å². The SMILES string of the molecule is C=CCn1c(SCc2cccc(C)c2)nnc1-c1csc(C)c1-c1ccc(C)cc1. The molecule has 0 radical (unpaired) electrons. The summed E-state index contributed by atoms with van der Waals surface area (Å²) in [5, 5.41) is 12.3. The average Bonchev–Trinajstić information content (AvgIpc) is 3.31. The van der Waals surface area contributed by atoms with E-state index in [9.17, 15) is 0 Å². The second-order valence-electron chi connectivity index (χ2n) is 7.43. The maximum Gasteiger partial charge on any atom is 0.192 e. The van der Waals surface area contributed by atoms with Crippen molar-refractivity contribution in [1.82, 2.24) is 14.8 Å². The first-order valence-corrected chi connectivity index (χ1v) is 11.8. The molecule has 2 aromatic carbocycles. The Morgan fingerprint density at radius 2 is 1.83 bits per heavy atom. The van der Waals surface area contributed by atoms with E-state index in [4.69, 9.17) is 0 Å². The smallest absolute Gasteiger partial charge is 0.192 e. The molecule has 0 saturated heterocycles. The van der Waals surface area contributed by atoms with Crippen molar-refractivity contribution in [2.45, 2.75) is 38.2 Å². The van der Waals surface area contributed by atoms with Gasteiger partial charge in [-0.05, 0) is 31.9 Å². The lowest BCUT2D eigenvalue weighted by Crippen LogP contribution is -2.01. The largest absolute Gasteiger partial charge is 0.298 e. The molecule has 152 valence electrons. The second kappa shape index (κ2) is 9.02. The van der Waals surface area contributed by atoms with Crippen LogP contribution >= 0.6 is 23.1 Å². The zero-order valence-corrected chi connectivity index (χ0v) is 19.2. The molecule has 0 atom stereocenters. The van der Waals surface area contributed by atoms with Gasteiger partial charge in [0.05, 0.1) is 0 Å². The summed E-state index contributed by atoms with van der Waals surface area (Å²) in [6.07, 6.45) is 1.91. The van der Waals surface area contributed by atoms with Gasteiger partial charge in [0, 0.05) is 33.7 Å². The summed E-state index contributed by atoms with van der Waals surface area (Å²) in [7, 11) is 0. The van der Waals surface area contributed by atoms with Gasteiger partial charge in [-0.15, -0.1) is 28.1 Å². The summed E-state index contributed by atoms with van der Waals surface area (Å²) in [5.41, 5.74) is 7.43. The number of thioether (sulfide) groups is 1. The molecule has 0 spiro atoms. The lowest BCUT2D eigenvalue weighted by Gasteiger charge is -2.10. The predicted octanol–water partition coefficient (Wildman–Crippen LogP) is 7.08. The van der Waals surface area contributed by atoms with E-state index >= 15 is 0 Å². The highest BCUT2D eigenvalue weighted by Crippen LogP contribution is 2.39. The van der Waals surface area contributed by atoms with Crippen LogP contribution in [0.15, 0.2) is 71.7 Å². The second-order valence-corrected chi connectivity index (χ2v) is 9.46. The Morgan fingerprint density at radius 1 is 1.03 bits per heavy atom. The van der Waals surface area contributed by atoms with Crippen molar-refractivity contribution in [3.63, 3.8) is 0 Å². The molecule has 0 amide bonds. The van der Waals surface area contributed by atoms with E-state index in [2.05, 4.69) is 96.0 Å². The van der Waals surface area contributed by atoms with Gasteiger partial charge in [-0.2, -0.15) is 0 Å². The summed E-state index contributed by atoms with van der Waals surface area (Å²) < 4.78 is 2.17. The standard InChI is InChI=1S/C25H25N3S2/c1-5-13-28-24(26-27-25(28)30-15-20-8-6-7-18(3)14-20)22-16-29-19(4)23(22)21-11-9-17(2)10-12-21/h5-12,14,16H,1,13,15H2,2-4H3. The molecule has 2 heterocycles. The highest BCUT2D eigenvalue weighted by atomic mass is 32.2. The first-order chi connectivity index (χ1) is 14.6. The minimum absolute atomic E-state index is 0.681. The van der Waals surface area contributed by atoms with Crippen LogP contribution in [0.25, 0.3) is 22.5 Å². The van der Waals surface area contributed by atoms with Crippen LogP contribution in [0.2, 0.25) is 0 Å². The number of thiophene rings is 1. The monoisotopic (exact) mass is 431 g/mol. The van der Waals surface area contributed by atoms with Gasteiger partial charge in [0.25, 0.3) is 0 Å². The van der Waals surface area contributed by atoms with Crippen LogP contribution in [-0.4, -0.2) is 14.8 Å². The quantitative estimate of drug-likeness (QED) is 0.231. The molecule has 4 aromatic rings. The van der Waals surface area contributed by atoms with Gasteiger partial charge in [0.15, 0.2) is 11.0 Å². The molecule has 0 bridgehead atoms. The third kappa shape index (κ3) is 4.27. The topological polar surface area (TPSA) is 30.7 Å². The Morgan fingerprint density at radius 3 is 2.57 bits per heavy atom. The van der Waals surface area contributed by atoms with Crippen LogP contribution < -0.4 is 0 Å². The molecule has 0 fully saturated rings. The van der Waals surface area contributed by atoms with Crippen molar-refractivity contribution in [3.8, 4) is 22.5 Å². The number of hydrogen-bond acceptors (Lipinski definition) is 4. The van der Waals surface area contributed by atoms with Gasteiger partial charge in [-0.3, -0.25) is 4.57 Å². The lowest BCUT2D eigenvalue weighted by atomic mass is 10.0. The van der Waals surface area contributed by atoms with E-state index in [1.807, 2.05) is 6.08 Å². The van der Waals surface area contributed by atoms with E-state index in [1.165, 1.54) is 32.7 Å². The number of rotatable bonds is 7. The molecule has 0 aliphatic heterocycles. The fraction of sp³-hybridized carbons (Fsp3) is 0.200. The Kier molecular flexibility index (Phi) is 6.21. The highest BCUT2D eigenvalue weighted by Gasteiger charge is 2.20. The molecular weight excluding hydrogens is 406 g/mol. The molecule has 0 aliphatic rings. The van der Waals surface area contributed by atoms with E-state index in [1.54, 1.807) is 23.1 Å². The van der Waals surface area contributed by atoms with Crippen molar-refractivity contribution in [1.29, 1.82) is 0 Å². The van der Waals surface area contributed by atoms with E-state index < -0.39 is 0 Å². The number of aryl methyl sites for hydroxylation is 3. The third-order valence-corrected chi connectivity index (χ3v) is 6.98. The molecule has 0 N–H and O–H groups in total. The highest BCUT2D eigenvalue weighted by molar-refractivity contribution is 7.98. The van der Waals surface area contributed by atoms with Crippen LogP contribution in [0.4, 0.5) is 0 Å². The molecule has 0 saturated carbocycles. The van der Waals surface area contributed by atoms with Gasteiger partial charge in [0.1, 0.15) is 0 Å². The summed E-state index contributed by atoms with van der Waals surface area (Å²) in [4.78, 5) is 1.29. The van der Waals surface area contributed by atoms with E-state index in [0.29, 0.717) is 6.54 Å². The molecule has 2 aromatic heterocycles. The summed E-state index contributed by atoms with van der Waals surface area (Å²) in [5.74, 6) is 1.77. The van der Waals surface area contributed by atoms with Gasteiger partial charge in [-0.25, -0.2) is 0 Å². The molecule has 0 aliphatic carbocycles. The summed E-state index contributed by atoms with van der Waals surface area (Å²) >= 11 is 3.48.